The number of nitriles is 1. The quantitative estimate of drug-likeness (QED) is 0.770. The number of rotatable bonds is 3. The molecule has 0 aromatic heterocycles. The van der Waals surface area contributed by atoms with Crippen LogP contribution < -0.4 is 5.32 Å². The number of nitrogens with one attached hydrogen (secondary N) is 1. The molecule has 2 saturated carbocycles. The van der Waals surface area contributed by atoms with Gasteiger partial charge in [0.2, 0.25) is 0 Å². The third-order valence-corrected chi connectivity index (χ3v) is 4.00. The van der Waals surface area contributed by atoms with Crippen LogP contribution in [0.25, 0.3) is 0 Å². The molecule has 0 radical (unpaired) electrons. The van der Waals surface area contributed by atoms with Crippen molar-refractivity contribution in [3.8, 4) is 6.07 Å². The first-order chi connectivity index (χ1) is 7.15. The summed E-state index contributed by atoms with van der Waals surface area (Å²) in [7, 11) is 0. The van der Waals surface area contributed by atoms with Gasteiger partial charge in [0.05, 0.1) is 6.07 Å². The van der Waals surface area contributed by atoms with E-state index in [-0.39, 0.29) is 5.54 Å². The summed E-state index contributed by atoms with van der Waals surface area (Å²) in [5.41, 5.74) is -0.186. The fourth-order valence-electron chi connectivity index (χ4n) is 2.77. The highest BCUT2D eigenvalue weighted by Gasteiger charge is 2.40. The molecule has 0 amide bonds. The second kappa shape index (κ2) is 4.14. The second-order valence-electron chi connectivity index (χ2n) is 5.71. The molecule has 0 aromatic rings. The Morgan fingerprint density at radius 1 is 1.33 bits per heavy atom. The molecule has 0 saturated heterocycles. The Bertz CT molecular complexity index is 262. The molecule has 15 heavy (non-hydrogen) atoms. The van der Waals surface area contributed by atoms with Gasteiger partial charge in [0.15, 0.2) is 0 Å². The van der Waals surface area contributed by atoms with E-state index in [9.17, 15) is 5.26 Å². The zero-order valence-electron chi connectivity index (χ0n) is 9.92. The fraction of sp³-hybridized carbons (Fsp3) is 0.923. The molecule has 2 rings (SSSR count). The smallest absolute Gasteiger partial charge is 0.107 e. The van der Waals surface area contributed by atoms with Crippen molar-refractivity contribution in [1.82, 2.24) is 5.32 Å². The van der Waals surface area contributed by atoms with Gasteiger partial charge in [-0.2, -0.15) is 5.26 Å². The first-order valence-electron chi connectivity index (χ1n) is 6.34. The fourth-order valence-corrected chi connectivity index (χ4v) is 2.77. The van der Waals surface area contributed by atoms with Crippen LogP contribution in [0.4, 0.5) is 0 Å². The maximum atomic E-state index is 9.41. The maximum Gasteiger partial charge on any atom is 0.107 e. The van der Waals surface area contributed by atoms with Crippen molar-refractivity contribution < 1.29 is 0 Å². The molecule has 84 valence electrons. The minimum Gasteiger partial charge on any atom is -0.297 e. The third-order valence-electron chi connectivity index (χ3n) is 4.00. The molecule has 2 fully saturated rings. The lowest BCUT2D eigenvalue weighted by Gasteiger charge is -2.38. The monoisotopic (exact) mass is 206 g/mol. The largest absolute Gasteiger partial charge is 0.297 e. The molecule has 2 nitrogen and oxygen atoms in total. The van der Waals surface area contributed by atoms with Gasteiger partial charge < -0.3 is 0 Å². The van der Waals surface area contributed by atoms with E-state index in [1.807, 2.05) is 0 Å². The minimum atomic E-state index is -0.186. The summed E-state index contributed by atoms with van der Waals surface area (Å²) in [6.07, 6.45) is 7.20. The minimum absolute atomic E-state index is 0.186. The van der Waals surface area contributed by atoms with Crippen molar-refractivity contribution in [2.75, 3.05) is 0 Å². The third kappa shape index (κ3) is 2.52. The van der Waals surface area contributed by atoms with Gasteiger partial charge in [-0.1, -0.05) is 20.3 Å². The Hall–Kier alpha value is -0.550. The van der Waals surface area contributed by atoms with E-state index < -0.39 is 0 Å². The van der Waals surface area contributed by atoms with Crippen molar-refractivity contribution in [2.45, 2.75) is 64.0 Å². The molecular weight excluding hydrogens is 184 g/mol. The van der Waals surface area contributed by atoms with Gasteiger partial charge in [-0.3, -0.25) is 5.32 Å². The summed E-state index contributed by atoms with van der Waals surface area (Å²) in [5.74, 6) is 1.46. The zero-order valence-corrected chi connectivity index (χ0v) is 9.92. The molecule has 0 aliphatic heterocycles. The van der Waals surface area contributed by atoms with Gasteiger partial charge in [-0.15, -0.1) is 0 Å². The second-order valence-corrected chi connectivity index (χ2v) is 5.71. The van der Waals surface area contributed by atoms with Crippen LogP contribution in [0.5, 0.6) is 0 Å². The van der Waals surface area contributed by atoms with Gasteiger partial charge in [0.25, 0.3) is 0 Å². The highest BCUT2D eigenvalue weighted by molar-refractivity contribution is 5.12. The predicted molar refractivity (Wildman–Crippen MR) is 61.3 cm³/mol. The SMILES string of the molecule is CC(C)C1CCCC(C#N)(NC2CC2)C1. The van der Waals surface area contributed by atoms with Crippen LogP contribution in [0.1, 0.15) is 52.4 Å². The Kier molecular flexibility index (Phi) is 3.02. The van der Waals surface area contributed by atoms with Crippen LogP contribution in [-0.4, -0.2) is 11.6 Å². The molecule has 0 bridgehead atoms. The number of hydrogen-bond donors (Lipinski definition) is 1. The molecule has 2 aliphatic rings. The molecule has 0 aromatic carbocycles. The summed E-state index contributed by atoms with van der Waals surface area (Å²) >= 11 is 0. The average molecular weight is 206 g/mol. The van der Waals surface area contributed by atoms with E-state index in [0.717, 1.165) is 24.7 Å². The van der Waals surface area contributed by atoms with E-state index in [2.05, 4.69) is 25.2 Å². The number of nitrogens with zero attached hydrogens (tertiary/aromatic N) is 1. The van der Waals surface area contributed by atoms with Gasteiger partial charge in [0, 0.05) is 6.04 Å². The molecule has 2 aliphatic carbocycles. The first-order valence-corrected chi connectivity index (χ1v) is 6.34. The van der Waals surface area contributed by atoms with Crippen LogP contribution in [0.3, 0.4) is 0 Å². The highest BCUT2D eigenvalue weighted by Crippen LogP contribution is 2.38. The molecular formula is C13H22N2. The lowest BCUT2D eigenvalue weighted by molar-refractivity contribution is 0.187. The van der Waals surface area contributed by atoms with Crippen molar-refractivity contribution in [1.29, 1.82) is 5.26 Å². The molecule has 1 N–H and O–H groups in total. The van der Waals surface area contributed by atoms with Crippen LogP contribution in [0.2, 0.25) is 0 Å². The Balaban J connectivity index is 2.00. The van der Waals surface area contributed by atoms with Gasteiger partial charge in [-0.25, -0.2) is 0 Å². The molecule has 2 heteroatoms. The molecule has 0 spiro atoms. The van der Waals surface area contributed by atoms with Gasteiger partial charge >= 0.3 is 0 Å². The maximum absolute atomic E-state index is 9.41. The summed E-state index contributed by atoms with van der Waals surface area (Å²) in [6, 6.07) is 3.21. The lowest BCUT2D eigenvalue weighted by atomic mass is 9.72. The average Bonchev–Trinajstić information content (AvgIpc) is 3.02. The van der Waals surface area contributed by atoms with Crippen LogP contribution in [-0.2, 0) is 0 Å². The Morgan fingerprint density at radius 2 is 2.07 bits per heavy atom. The van der Waals surface area contributed by atoms with Crippen LogP contribution in [0.15, 0.2) is 0 Å². The standard InChI is InChI=1S/C13H22N2/c1-10(2)11-4-3-7-13(8-11,9-14)15-12-5-6-12/h10-12,15H,3-8H2,1-2H3. The van der Waals surface area contributed by atoms with Gasteiger partial charge in [-0.05, 0) is 43.9 Å². The summed E-state index contributed by atoms with van der Waals surface area (Å²) < 4.78 is 0. The normalized spacial score (nSPS) is 36.5. The van der Waals surface area contributed by atoms with Crippen LogP contribution >= 0.6 is 0 Å². The number of hydrogen-bond acceptors (Lipinski definition) is 2. The summed E-state index contributed by atoms with van der Waals surface area (Å²) in [6.45, 7) is 4.57. The van der Waals surface area contributed by atoms with Crippen molar-refractivity contribution in [2.24, 2.45) is 11.8 Å². The first kappa shape index (κ1) is 11.0. The van der Waals surface area contributed by atoms with Crippen molar-refractivity contribution in [3.05, 3.63) is 0 Å². The molecule has 2 unspecified atom stereocenters. The Morgan fingerprint density at radius 3 is 2.60 bits per heavy atom. The van der Waals surface area contributed by atoms with E-state index >= 15 is 0 Å². The predicted octanol–water partition coefficient (Wildman–Crippen LogP) is 2.85. The van der Waals surface area contributed by atoms with Crippen LogP contribution in [0, 0.1) is 23.2 Å². The van der Waals surface area contributed by atoms with Crippen molar-refractivity contribution in [3.63, 3.8) is 0 Å². The Labute approximate surface area is 93.0 Å². The molecule has 2 atom stereocenters. The van der Waals surface area contributed by atoms with Crippen molar-refractivity contribution >= 4 is 0 Å². The topological polar surface area (TPSA) is 35.8 Å². The van der Waals surface area contributed by atoms with E-state index in [1.165, 1.54) is 25.7 Å². The summed E-state index contributed by atoms with van der Waals surface area (Å²) in [5, 5.41) is 13.0. The van der Waals surface area contributed by atoms with E-state index in [1.54, 1.807) is 0 Å². The van der Waals surface area contributed by atoms with E-state index in [4.69, 9.17) is 0 Å². The molecule has 0 heterocycles. The van der Waals surface area contributed by atoms with E-state index in [0.29, 0.717) is 6.04 Å². The van der Waals surface area contributed by atoms with Gasteiger partial charge in [0.1, 0.15) is 5.54 Å². The lowest BCUT2D eigenvalue weighted by Crippen LogP contribution is -2.49. The summed E-state index contributed by atoms with van der Waals surface area (Å²) in [4.78, 5) is 0. The highest BCUT2D eigenvalue weighted by atomic mass is 15.0. The zero-order chi connectivity index (χ0) is 10.9.